The maximum Gasteiger partial charge on any atom is 0.347 e. The van der Waals surface area contributed by atoms with Crippen LogP contribution < -0.4 is 0 Å². The Bertz CT molecular complexity index is 669. The first-order valence-electron chi connectivity index (χ1n) is 6.76. The Balaban J connectivity index is 2.28. The highest BCUT2D eigenvalue weighted by Gasteiger charge is 2.31. The highest BCUT2D eigenvalue weighted by molar-refractivity contribution is 5.97. The van der Waals surface area contributed by atoms with Crippen molar-refractivity contribution in [2.45, 2.75) is 19.4 Å². The molecule has 1 aromatic carbocycles. The van der Waals surface area contributed by atoms with Crippen molar-refractivity contribution in [3.63, 3.8) is 0 Å². The predicted molar refractivity (Wildman–Crippen MR) is 73.8 cm³/mol. The van der Waals surface area contributed by atoms with Crippen LogP contribution in [0.1, 0.15) is 34.1 Å². The molecule has 0 saturated carbocycles. The monoisotopic (exact) mass is 323 g/mol. The van der Waals surface area contributed by atoms with Gasteiger partial charge in [0.05, 0.1) is 29.3 Å². The SMILES string of the molecule is CCOC(=O)c1cc(C(=O)OC2CCOC2=O)cc([N+](=O)[O-])c1. The fourth-order valence-corrected chi connectivity index (χ4v) is 1.95. The highest BCUT2D eigenvalue weighted by atomic mass is 16.6. The van der Waals surface area contributed by atoms with Crippen molar-refractivity contribution in [3.8, 4) is 0 Å². The number of nitrogens with zero attached hydrogens (tertiary/aromatic N) is 1. The molecule has 1 aliphatic rings. The summed E-state index contributed by atoms with van der Waals surface area (Å²) in [6, 6.07) is 3.08. The van der Waals surface area contributed by atoms with Gasteiger partial charge < -0.3 is 14.2 Å². The molecule has 9 heteroatoms. The summed E-state index contributed by atoms with van der Waals surface area (Å²) in [5.74, 6) is -2.43. The summed E-state index contributed by atoms with van der Waals surface area (Å²) in [6.07, 6.45) is -0.836. The Labute approximate surface area is 130 Å². The third-order valence-corrected chi connectivity index (χ3v) is 3.01. The first-order chi connectivity index (χ1) is 10.9. The quantitative estimate of drug-likeness (QED) is 0.343. The summed E-state index contributed by atoms with van der Waals surface area (Å²) in [5, 5.41) is 10.9. The Kier molecular flexibility index (Phi) is 4.89. The molecular formula is C14H13NO8. The van der Waals surface area contributed by atoms with Crippen LogP contribution in [0.5, 0.6) is 0 Å². The molecule has 1 aliphatic heterocycles. The molecule has 0 spiro atoms. The molecule has 1 fully saturated rings. The van der Waals surface area contributed by atoms with Gasteiger partial charge >= 0.3 is 17.9 Å². The van der Waals surface area contributed by atoms with Crippen molar-refractivity contribution in [1.82, 2.24) is 0 Å². The number of non-ortho nitro benzene ring substituents is 1. The van der Waals surface area contributed by atoms with Crippen LogP contribution in [0.2, 0.25) is 0 Å². The lowest BCUT2D eigenvalue weighted by atomic mass is 10.1. The van der Waals surface area contributed by atoms with Crippen molar-refractivity contribution in [1.29, 1.82) is 0 Å². The molecule has 0 N–H and O–H groups in total. The summed E-state index contributed by atoms with van der Waals surface area (Å²) in [5.41, 5.74) is -0.833. The number of nitro groups is 1. The van der Waals surface area contributed by atoms with Gasteiger partial charge in [-0.15, -0.1) is 0 Å². The van der Waals surface area contributed by atoms with E-state index in [4.69, 9.17) is 9.47 Å². The van der Waals surface area contributed by atoms with E-state index in [0.29, 0.717) is 0 Å². The van der Waals surface area contributed by atoms with Crippen LogP contribution in [0.3, 0.4) is 0 Å². The molecule has 1 atom stereocenters. The van der Waals surface area contributed by atoms with E-state index in [1.165, 1.54) is 0 Å². The topological polar surface area (TPSA) is 122 Å². The Morgan fingerprint density at radius 2 is 1.96 bits per heavy atom. The molecule has 0 aromatic heterocycles. The highest BCUT2D eigenvalue weighted by Crippen LogP contribution is 2.20. The van der Waals surface area contributed by atoms with Gasteiger partial charge in [-0.3, -0.25) is 10.1 Å². The van der Waals surface area contributed by atoms with Gasteiger partial charge in [0.1, 0.15) is 0 Å². The molecule has 9 nitrogen and oxygen atoms in total. The van der Waals surface area contributed by atoms with Gasteiger partial charge in [0, 0.05) is 18.6 Å². The third kappa shape index (κ3) is 3.82. The van der Waals surface area contributed by atoms with Gasteiger partial charge in [-0.2, -0.15) is 0 Å². The lowest BCUT2D eigenvalue weighted by molar-refractivity contribution is -0.384. The number of nitro benzene ring substituents is 1. The van der Waals surface area contributed by atoms with E-state index in [-0.39, 0.29) is 30.8 Å². The molecule has 1 saturated heterocycles. The number of cyclic esters (lactones) is 1. The van der Waals surface area contributed by atoms with Gasteiger partial charge in [0.15, 0.2) is 0 Å². The minimum absolute atomic E-state index is 0.0786. The van der Waals surface area contributed by atoms with Crippen molar-refractivity contribution in [2.75, 3.05) is 13.2 Å². The van der Waals surface area contributed by atoms with Crippen LogP contribution in [0.15, 0.2) is 18.2 Å². The minimum Gasteiger partial charge on any atom is -0.463 e. The number of carbonyl (C=O) groups excluding carboxylic acids is 3. The lowest BCUT2D eigenvalue weighted by Gasteiger charge is -2.09. The van der Waals surface area contributed by atoms with Crippen molar-refractivity contribution < 1.29 is 33.5 Å². The second kappa shape index (κ2) is 6.86. The van der Waals surface area contributed by atoms with Crippen LogP contribution in [0.25, 0.3) is 0 Å². The summed E-state index contributed by atoms with van der Waals surface area (Å²) >= 11 is 0. The third-order valence-electron chi connectivity index (χ3n) is 3.01. The van der Waals surface area contributed by atoms with E-state index in [2.05, 4.69) is 4.74 Å². The van der Waals surface area contributed by atoms with E-state index in [9.17, 15) is 24.5 Å². The van der Waals surface area contributed by atoms with Gasteiger partial charge in [-0.25, -0.2) is 14.4 Å². The summed E-state index contributed by atoms with van der Waals surface area (Å²) in [4.78, 5) is 45.2. The molecule has 0 radical (unpaired) electrons. The second-order valence-corrected chi connectivity index (χ2v) is 4.60. The number of ether oxygens (including phenoxy) is 3. The molecule has 1 unspecified atom stereocenters. The molecule has 0 amide bonds. The number of hydrogen-bond donors (Lipinski definition) is 0. The van der Waals surface area contributed by atoms with E-state index < -0.39 is 34.6 Å². The smallest absolute Gasteiger partial charge is 0.347 e. The fourth-order valence-electron chi connectivity index (χ4n) is 1.95. The number of benzene rings is 1. The Hall–Kier alpha value is -2.97. The second-order valence-electron chi connectivity index (χ2n) is 4.60. The largest absolute Gasteiger partial charge is 0.463 e. The van der Waals surface area contributed by atoms with E-state index in [0.717, 1.165) is 18.2 Å². The average Bonchev–Trinajstić information content (AvgIpc) is 2.92. The van der Waals surface area contributed by atoms with Crippen molar-refractivity contribution >= 4 is 23.6 Å². The summed E-state index contributed by atoms with van der Waals surface area (Å²) in [6.45, 7) is 1.80. The maximum atomic E-state index is 12.0. The van der Waals surface area contributed by atoms with E-state index >= 15 is 0 Å². The molecular weight excluding hydrogens is 310 g/mol. The van der Waals surface area contributed by atoms with Crippen molar-refractivity contribution in [2.24, 2.45) is 0 Å². The first-order valence-corrected chi connectivity index (χ1v) is 6.76. The minimum atomic E-state index is -1.05. The molecule has 2 rings (SSSR count). The zero-order chi connectivity index (χ0) is 17.0. The van der Waals surface area contributed by atoms with Crippen LogP contribution in [-0.4, -0.2) is 42.1 Å². The number of rotatable bonds is 5. The fraction of sp³-hybridized carbons (Fsp3) is 0.357. The first kappa shape index (κ1) is 16.4. The molecule has 122 valence electrons. The maximum absolute atomic E-state index is 12.0. The number of carbonyl (C=O) groups is 3. The van der Waals surface area contributed by atoms with Crippen molar-refractivity contribution in [3.05, 3.63) is 39.4 Å². The van der Waals surface area contributed by atoms with Crippen LogP contribution in [-0.2, 0) is 19.0 Å². The summed E-state index contributed by atoms with van der Waals surface area (Å²) < 4.78 is 14.4. The normalized spacial score (nSPS) is 16.6. The molecule has 1 aromatic rings. The van der Waals surface area contributed by atoms with Crippen LogP contribution in [0.4, 0.5) is 5.69 Å². The molecule has 23 heavy (non-hydrogen) atoms. The van der Waals surface area contributed by atoms with Crippen LogP contribution in [0, 0.1) is 10.1 Å². The Morgan fingerprint density at radius 3 is 2.48 bits per heavy atom. The zero-order valence-electron chi connectivity index (χ0n) is 12.1. The Morgan fingerprint density at radius 1 is 1.30 bits per heavy atom. The predicted octanol–water partition coefficient (Wildman–Crippen LogP) is 1.24. The number of esters is 3. The van der Waals surface area contributed by atoms with E-state index in [1.807, 2.05) is 0 Å². The zero-order valence-corrected chi connectivity index (χ0v) is 12.1. The number of hydrogen-bond acceptors (Lipinski definition) is 8. The van der Waals surface area contributed by atoms with Gasteiger partial charge in [-0.05, 0) is 13.0 Å². The average molecular weight is 323 g/mol. The molecule has 0 aliphatic carbocycles. The van der Waals surface area contributed by atoms with Gasteiger partial charge in [-0.1, -0.05) is 0 Å². The summed E-state index contributed by atoms with van der Waals surface area (Å²) in [7, 11) is 0. The van der Waals surface area contributed by atoms with Gasteiger partial charge in [0.25, 0.3) is 5.69 Å². The molecule has 1 heterocycles. The van der Waals surface area contributed by atoms with Gasteiger partial charge in [0.2, 0.25) is 6.10 Å². The lowest BCUT2D eigenvalue weighted by Crippen LogP contribution is -2.23. The van der Waals surface area contributed by atoms with Crippen LogP contribution >= 0.6 is 0 Å². The van der Waals surface area contributed by atoms with E-state index in [1.54, 1.807) is 6.92 Å². The standard InChI is InChI=1S/C14H13NO8/c1-2-21-12(16)8-5-9(7-10(6-8)15(19)20)13(17)23-11-3-4-22-14(11)18/h5-7,11H,2-4H2,1H3. The molecule has 0 bridgehead atoms.